The number of hydrogen-bond acceptors (Lipinski definition) is 7. The Labute approximate surface area is 179 Å². The van der Waals surface area contributed by atoms with E-state index in [0.29, 0.717) is 35.3 Å². The lowest BCUT2D eigenvalue weighted by Crippen LogP contribution is -2.33. The van der Waals surface area contributed by atoms with Crippen molar-refractivity contribution >= 4 is 12.2 Å². The molecule has 0 aliphatic heterocycles. The van der Waals surface area contributed by atoms with Crippen LogP contribution < -0.4 is 5.73 Å². The van der Waals surface area contributed by atoms with Crippen LogP contribution in [-0.4, -0.2) is 68.2 Å². The topological polar surface area (TPSA) is 127 Å². The molecule has 0 radical (unpaired) electrons. The van der Waals surface area contributed by atoms with E-state index in [1.54, 1.807) is 30.3 Å². The van der Waals surface area contributed by atoms with Gasteiger partial charge in [-0.05, 0) is 38.4 Å². The van der Waals surface area contributed by atoms with E-state index in [0.717, 1.165) is 0 Å². The monoisotopic (exact) mass is 418 g/mol. The van der Waals surface area contributed by atoms with Crippen LogP contribution in [0.3, 0.4) is 0 Å². The van der Waals surface area contributed by atoms with Crippen molar-refractivity contribution in [2.24, 2.45) is 5.73 Å². The third-order valence-electron chi connectivity index (χ3n) is 4.46. The van der Waals surface area contributed by atoms with Gasteiger partial charge < -0.3 is 15.7 Å². The number of hydrogen-bond donors (Lipinski definition) is 2. The fraction of sp³-hybridized carbons (Fsp3) is 0.227. The van der Waals surface area contributed by atoms with E-state index in [-0.39, 0.29) is 12.1 Å². The highest BCUT2D eigenvalue weighted by Gasteiger charge is 2.23. The predicted octanol–water partition coefficient (Wildman–Crippen LogP) is 0.661. The third-order valence-corrected chi connectivity index (χ3v) is 4.46. The lowest BCUT2D eigenvalue weighted by molar-refractivity contribution is -0.119. The summed E-state index contributed by atoms with van der Waals surface area (Å²) in [5, 5.41) is 14.5. The summed E-state index contributed by atoms with van der Waals surface area (Å²) >= 11 is 0. The molecule has 0 saturated heterocycles. The van der Waals surface area contributed by atoms with Crippen LogP contribution in [0.2, 0.25) is 0 Å². The third kappa shape index (κ3) is 5.60. The number of primary amides is 1. The minimum Gasteiger partial charge on any atom is -0.371 e. The van der Waals surface area contributed by atoms with Gasteiger partial charge in [0.05, 0.1) is 11.4 Å². The lowest BCUT2D eigenvalue weighted by Gasteiger charge is -2.17. The Morgan fingerprint density at radius 1 is 1.32 bits per heavy atom. The molecule has 158 valence electrons. The Balaban J connectivity index is 1.97. The summed E-state index contributed by atoms with van der Waals surface area (Å²) in [5.41, 5.74) is 6.12. The van der Waals surface area contributed by atoms with E-state index in [2.05, 4.69) is 26.9 Å². The van der Waals surface area contributed by atoms with Crippen molar-refractivity contribution in [2.75, 3.05) is 20.6 Å². The molecule has 3 N–H and O–H groups in total. The second-order valence-electron chi connectivity index (χ2n) is 7.23. The summed E-state index contributed by atoms with van der Waals surface area (Å²) in [6.45, 7) is 0.513. The van der Waals surface area contributed by atoms with Gasteiger partial charge in [-0.1, -0.05) is 24.0 Å². The smallest absolute Gasteiger partial charge is 0.267 e. The Morgan fingerprint density at radius 3 is 2.77 bits per heavy atom. The zero-order valence-corrected chi connectivity index (χ0v) is 17.2. The largest absolute Gasteiger partial charge is 0.371 e. The zero-order chi connectivity index (χ0) is 22.4. The van der Waals surface area contributed by atoms with Gasteiger partial charge in [0.25, 0.3) is 5.91 Å². The van der Waals surface area contributed by atoms with Crippen molar-refractivity contribution in [1.82, 2.24) is 24.6 Å². The SMILES string of the molecule is CN(C)CC[C@@](O)(C#Cc1cccc(-c2cc(-n3cncn3)cc(C(N)=O)n2)c1)C=O. The van der Waals surface area contributed by atoms with Crippen LogP contribution in [0.1, 0.15) is 22.5 Å². The molecule has 9 heteroatoms. The average molecular weight is 418 g/mol. The first kappa shape index (κ1) is 21.8. The maximum absolute atomic E-state index is 11.8. The number of aliphatic hydroxyl groups is 1. The Kier molecular flexibility index (Phi) is 6.55. The van der Waals surface area contributed by atoms with Gasteiger partial charge in [-0.15, -0.1) is 0 Å². The summed E-state index contributed by atoms with van der Waals surface area (Å²) in [6, 6.07) is 10.4. The predicted molar refractivity (Wildman–Crippen MR) is 114 cm³/mol. The minimum atomic E-state index is -1.73. The minimum absolute atomic E-state index is 0.0819. The first-order chi connectivity index (χ1) is 14.8. The molecule has 3 rings (SSSR count). The number of aldehydes is 1. The van der Waals surface area contributed by atoms with E-state index in [1.807, 2.05) is 19.0 Å². The molecule has 0 aliphatic carbocycles. The van der Waals surface area contributed by atoms with E-state index in [4.69, 9.17) is 5.73 Å². The molecule has 31 heavy (non-hydrogen) atoms. The highest BCUT2D eigenvalue weighted by molar-refractivity contribution is 5.92. The summed E-state index contributed by atoms with van der Waals surface area (Å²) < 4.78 is 1.50. The molecular weight excluding hydrogens is 396 g/mol. The molecule has 0 spiro atoms. The van der Waals surface area contributed by atoms with Gasteiger partial charge >= 0.3 is 0 Å². The van der Waals surface area contributed by atoms with E-state index in [1.165, 1.54) is 23.4 Å². The number of pyridine rings is 1. The van der Waals surface area contributed by atoms with Crippen molar-refractivity contribution in [3.63, 3.8) is 0 Å². The van der Waals surface area contributed by atoms with Crippen LogP contribution >= 0.6 is 0 Å². The van der Waals surface area contributed by atoms with Crippen molar-refractivity contribution in [1.29, 1.82) is 0 Å². The summed E-state index contributed by atoms with van der Waals surface area (Å²) in [7, 11) is 3.70. The molecule has 0 aliphatic rings. The number of rotatable bonds is 7. The first-order valence-electron chi connectivity index (χ1n) is 9.43. The van der Waals surface area contributed by atoms with E-state index >= 15 is 0 Å². The molecule has 0 fully saturated rings. The van der Waals surface area contributed by atoms with Crippen LogP contribution in [-0.2, 0) is 4.79 Å². The summed E-state index contributed by atoms with van der Waals surface area (Å²) in [5.74, 6) is 4.84. The molecule has 1 amide bonds. The second kappa shape index (κ2) is 9.30. The van der Waals surface area contributed by atoms with Crippen molar-refractivity contribution in [2.45, 2.75) is 12.0 Å². The molecule has 2 heterocycles. The second-order valence-corrected chi connectivity index (χ2v) is 7.23. The first-order valence-corrected chi connectivity index (χ1v) is 9.43. The van der Waals surface area contributed by atoms with Crippen molar-refractivity contribution in [3.8, 4) is 28.8 Å². The normalized spacial score (nSPS) is 12.6. The Hall–Kier alpha value is -3.87. The molecule has 0 saturated carbocycles. The molecule has 2 aromatic heterocycles. The zero-order valence-electron chi connectivity index (χ0n) is 17.2. The molecule has 1 aromatic carbocycles. The maximum atomic E-state index is 11.8. The summed E-state index contributed by atoms with van der Waals surface area (Å²) in [6.07, 6.45) is 3.53. The van der Waals surface area contributed by atoms with Gasteiger partial charge in [0, 0.05) is 24.1 Å². The van der Waals surface area contributed by atoms with Crippen LogP contribution in [0.5, 0.6) is 0 Å². The quantitative estimate of drug-likeness (QED) is 0.426. The van der Waals surface area contributed by atoms with Crippen molar-refractivity contribution in [3.05, 3.63) is 60.3 Å². The van der Waals surface area contributed by atoms with E-state index < -0.39 is 11.5 Å². The fourth-order valence-electron chi connectivity index (χ4n) is 2.75. The van der Waals surface area contributed by atoms with Gasteiger partial charge in [0.2, 0.25) is 0 Å². The maximum Gasteiger partial charge on any atom is 0.267 e. The molecule has 0 unspecified atom stereocenters. The van der Waals surface area contributed by atoms with Crippen LogP contribution in [0.25, 0.3) is 16.9 Å². The molecule has 1 atom stereocenters. The fourth-order valence-corrected chi connectivity index (χ4v) is 2.75. The standard InChI is InChI=1S/C22H22N6O3/c1-27(2)9-8-22(31,13-29)7-6-16-4-3-5-17(10-16)19-11-18(28-15-24-14-25-28)12-20(26-19)21(23)30/h3-5,10-15,31H,8-9H2,1-2H3,(H2,23,30)/t22-/m0/s1. The number of carbonyl (C=O) groups excluding carboxylic acids is 2. The molecule has 9 nitrogen and oxygen atoms in total. The van der Waals surface area contributed by atoms with Crippen LogP contribution in [0.4, 0.5) is 0 Å². The van der Waals surface area contributed by atoms with E-state index in [9.17, 15) is 14.7 Å². The van der Waals surface area contributed by atoms with Crippen molar-refractivity contribution < 1.29 is 14.7 Å². The number of aromatic nitrogens is 4. The number of amides is 1. The van der Waals surface area contributed by atoms with Gasteiger partial charge in [-0.2, -0.15) is 5.10 Å². The number of nitrogens with zero attached hydrogens (tertiary/aromatic N) is 5. The summed E-state index contributed by atoms with van der Waals surface area (Å²) in [4.78, 5) is 33.2. The Bertz CT molecular complexity index is 1150. The highest BCUT2D eigenvalue weighted by atomic mass is 16.3. The number of benzene rings is 1. The van der Waals surface area contributed by atoms with Crippen LogP contribution in [0.15, 0.2) is 49.1 Å². The highest BCUT2D eigenvalue weighted by Crippen LogP contribution is 2.22. The Morgan fingerprint density at radius 2 is 2.13 bits per heavy atom. The molecular formula is C22H22N6O3. The lowest BCUT2D eigenvalue weighted by atomic mass is 10.0. The van der Waals surface area contributed by atoms with Gasteiger partial charge in [0.1, 0.15) is 18.3 Å². The number of nitrogens with two attached hydrogens (primary N) is 1. The van der Waals surface area contributed by atoms with Crippen LogP contribution in [0, 0.1) is 11.8 Å². The molecule has 3 aromatic rings. The number of carbonyl (C=O) groups is 2. The van der Waals surface area contributed by atoms with Gasteiger partial charge in [-0.3, -0.25) is 9.59 Å². The van der Waals surface area contributed by atoms with Gasteiger partial charge in [0.15, 0.2) is 11.9 Å². The average Bonchev–Trinajstić information content (AvgIpc) is 3.31. The van der Waals surface area contributed by atoms with Gasteiger partial charge in [-0.25, -0.2) is 14.6 Å². The molecule has 0 bridgehead atoms.